The minimum Gasteiger partial charge on any atom is -0.493 e. The lowest BCUT2D eigenvalue weighted by Gasteiger charge is -2.26. The molecule has 1 aliphatic heterocycles. The molecule has 7 nitrogen and oxygen atoms in total. The summed E-state index contributed by atoms with van der Waals surface area (Å²) in [6, 6.07) is 5.81. The highest BCUT2D eigenvalue weighted by atomic mass is 16.5. The Bertz CT molecular complexity index is 574. The number of nitrogens with zero attached hydrogens (tertiary/aromatic N) is 2. The third kappa shape index (κ3) is 7.64. The van der Waals surface area contributed by atoms with Crippen LogP contribution in [0.2, 0.25) is 0 Å². The van der Waals surface area contributed by atoms with Crippen LogP contribution in [0.5, 0.6) is 11.5 Å². The maximum absolute atomic E-state index is 5.64. The van der Waals surface area contributed by atoms with Gasteiger partial charge >= 0.3 is 0 Å². The molecule has 1 aromatic rings. The molecule has 152 valence electrons. The van der Waals surface area contributed by atoms with Crippen LogP contribution in [-0.4, -0.2) is 70.5 Å². The Hall–Kier alpha value is -1.99. The topological polar surface area (TPSA) is 67.4 Å². The van der Waals surface area contributed by atoms with Crippen LogP contribution in [0.4, 0.5) is 5.69 Å². The fraction of sp³-hybridized carbons (Fsp3) is 0.650. The largest absolute Gasteiger partial charge is 0.493 e. The first-order valence-corrected chi connectivity index (χ1v) is 9.93. The first kappa shape index (κ1) is 21.3. The summed E-state index contributed by atoms with van der Waals surface area (Å²) in [4.78, 5) is 7.15. The van der Waals surface area contributed by atoms with Crippen LogP contribution in [0, 0.1) is 0 Å². The standard InChI is InChI=1S/C20H34N4O3/c1-4-21-20(22-10-6-7-11-24-12-14-26-15-13-24)23-17-8-9-18(25-3)19(16-17)27-5-2/h8-9,16H,4-7,10-15H2,1-3H3,(H2,21,22,23). The molecule has 2 N–H and O–H groups in total. The summed E-state index contributed by atoms with van der Waals surface area (Å²) in [5.74, 6) is 2.25. The van der Waals surface area contributed by atoms with E-state index < -0.39 is 0 Å². The van der Waals surface area contributed by atoms with Crippen molar-refractivity contribution in [2.24, 2.45) is 4.99 Å². The van der Waals surface area contributed by atoms with Crippen molar-refractivity contribution in [3.63, 3.8) is 0 Å². The highest BCUT2D eigenvalue weighted by molar-refractivity contribution is 5.93. The Morgan fingerprint density at radius 3 is 2.70 bits per heavy atom. The number of morpholine rings is 1. The third-order valence-corrected chi connectivity index (χ3v) is 4.33. The van der Waals surface area contributed by atoms with Gasteiger partial charge in [0.1, 0.15) is 0 Å². The fourth-order valence-corrected chi connectivity index (χ4v) is 2.93. The number of hydrogen-bond donors (Lipinski definition) is 2. The fourth-order valence-electron chi connectivity index (χ4n) is 2.93. The Kier molecular flexibility index (Phi) is 9.79. The summed E-state index contributed by atoms with van der Waals surface area (Å²) >= 11 is 0. The number of hydrogen-bond acceptors (Lipinski definition) is 5. The van der Waals surface area contributed by atoms with Gasteiger partial charge in [0.2, 0.25) is 0 Å². The Morgan fingerprint density at radius 1 is 1.19 bits per heavy atom. The van der Waals surface area contributed by atoms with E-state index >= 15 is 0 Å². The average molecular weight is 379 g/mol. The quantitative estimate of drug-likeness (QED) is 0.371. The van der Waals surface area contributed by atoms with Gasteiger partial charge in [-0.1, -0.05) is 0 Å². The second kappa shape index (κ2) is 12.4. The van der Waals surface area contributed by atoms with Crippen molar-refractivity contribution in [1.82, 2.24) is 10.2 Å². The maximum atomic E-state index is 5.64. The van der Waals surface area contributed by atoms with Crippen molar-refractivity contribution in [2.45, 2.75) is 26.7 Å². The van der Waals surface area contributed by atoms with E-state index in [2.05, 4.69) is 27.4 Å². The molecule has 0 radical (unpaired) electrons. The Balaban J connectivity index is 1.84. The van der Waals surface area contributed by atoms with E-state index in [0.29, 0.717) is 6.61 Å². The summed E-state index contributed by atoms with van der Waals surface area (Å²) in [6.07, 6.45) is 2.22. The molecule has 0 unspecified atom stereocenters. The summed E-state index contributed by atoms with van der Waals surface area (Å²) < 4.78 is 16.4. The van der Waals surface area contributed by atoms with Crippen LogP contribution in [0.15, 0.2) is 23.2 Å². The lowest BCUT2D eigenvalue weighted by atomic mass is 10.2. The molecule has 27 heavy (non-hydrogen) atoms. The molecule has 0 spiro atoms. The van der Waals surface area contributed by atoms with Crippen molar-refractivity contribution in [3.05, 3.63) is 18.2 Å². The summed E-state index contributed by atoms with van der Waals surface area (Å²) in [5, 5.41) is 6.64. The second-order valence-electron chi connectivity index (χ2n) is 6.35. The van der Waals surface area contributed by atoms with Gasteiger partial charge in [0.05, 0.1) is 26.9 Å². The summed E-state index contributed by atoms with van der Waals surface area (Å²) in [6.45, 7) is 11.2. The molecule has 0 atom stereocenters. The van der Waals surface area contributed by atoms with Crippen molar-refractivity contribution in [1.29, 1.82) is 0 Å². The number of nitrogens with one attached hydrogen (secondary N) is 2. The first-order chi connectivity index (χ1) is 13.3. The molecule has 0 aromatic heterocycles. The molecule has 2 rings (SSSR count). The predicted octanol–water partition coefficient (Wildman–Crippen LogP) is 2.58. The zero-order valence-corrected chi connectivity index (χ0v) is 16.9. The normalized spacial score (nSPS) is 15.4. The van der Waals surface area contributed by atoms with E-state index in [1.165, 1.54) is 0 Å². The molecule has 1 aliphatic rings. The first-order valence-electron chi connectivity index (χ1n) is 9.93. The van der Waals surface area contributed by atoms with E-state index in [1.54, 1.807) is 7.11 Å². The average Bonchev–Trinajstić information content (AvgIpc) is 2.69. The van der Waals surface area contributed by atoms with Crippen LogP contribution in [0.3, 0.4) is 0 Å². The van der Waals surface area contributed by atoms with Gasteiger partial charge in [0.15, 0.2) is 17.5 Å². The molecule has 1 aromatic carbocycles. The molecule has 0 amide bonds. The Labute approximate surface area is 163 Å². The van der Waals surface area contributed by atoms with E-state index in [0.717, 1.165) is 81.9 Å². The third-order valence-electron chi connectivity index (χ3n) is 4.33. The number of anilines is 1. The van der Waals surface area contributed by atoms with Crippen LogP contribution in [-0.2, 0) is 4.74 Å². The van der Waals surface area contributed by atoms with Crippen molar-refractivity contribution in [2.75, 3.05) is 65.0 Å². The van der Waals surface area contributed by atoms with Crippen molar-refractivity contribution >= 4 is 11.6 Å². The van der Waals surface area contributed by atoms with Crippen LogP contribution in [0.1, 0.15) is 26.7 Å². The lowest BCUT2D eigenvalue weighted by molar-refractivity contribution is 0.0373. The molecule has 1 heterocycles. The SMILES string of the molecule is CCNC(=NCCCCN1CCOCC1)Nc1ccc(OC)c(OCC)c1. The maximum Gasteiger partial charge on any atom is 0.195 e. The smallest absolute Gasteiger partial charge is 0.195 e. The number of methoxy groups -OCH3 is 1. The molecule has 7 heteroatoms. The number of rotatable bonds is 10. The van der Waals surface area contributed by atoms with Gasteiger partial charge in [0.25, 0.3) is 0 Å². The summed E-state index contributed by atoms with van der Waals surface area (Å²) in [5.41, 5.74) is 0.923. The van der Waals surface area contributed by atoms with Gasteiger partial charge < -0.3 is 24.8 Å². The molecule has 0 aliphatic carbocycles. The van der Waals surface area contributed by atoms with Crippen LogP contribution < -0.4 is 20.1 Å². The highest BCUT2D eigenvalue weighted by Gasteiger charge is 2.09. The predicted molar refractivity (Wildman–Crippen MR) is 110 cm³/mol. The minimum absolute atomic E-state index is 0.594. The molecule has 0 bridgehead atoms. The van der Waals surface area contributed by atoms with E-state index in [9.17, 15) is 0 Å². The monoisotopic (exact) mass is 378 g/mol. The molecular weight excluding hydrogens is 344 g/mol. The van der Waals surface area contributed by atoms with Gasteiger partial charge in [0, 0.05) is 37.9 Å². The van der Waals surface area contributed by atoms with E-state index in [4.69, 9.17) is 14.2 Å². The minimum atomic E-state index is 0.594. The number of benzene rings is 1. The molecule has 1 fully saturated rings. The molecule has 0 saturated carbocycles. The van der Waals surface area contributed by atoms with Gasteiger partial charge in [-0.2, -0.15) is 0 Å². The Morgan fingerprint density at radius 2 is 2.00 bits per heavy atom. The second-order valence-corrected chi connectivity index (χ2v) is 6.35. The zero-order chi connectivity index (χ0) is 19.3. The van der Waals surface area contributed by atoms with E-state index in [-0.39, 0.29) is 0 Å². The number of aliphatic imine (C=N–C) groups is 1. The zero-order valence-electron chi connectivity index (χ0n) is 16.9. The lowest BCUT2D eigenvalue weighted by Crippen LogP contribution is -2.36. The number of unbranched alkanes of at least 4 members (excludes halogenated alkanes) is 1. The van der Waals surface area contributed by atoms with Gasteiger partial charge in [-0.05, 0) is 45.4 Å². The van der Waals surface area contributed by atoms with Crippen molar-refractivity contribution in [3.8, 4) is 11.5 Å². The molecular formula is C20H34N4O3. The van der Waals surface area contributed by atoms with Crippen molar-refractivity contribution < 1.29 is 14.2 Å². The van der Waals surface area contributed by atoms with Gasteiger partial charge in [-0.3, -0.25) is 9.89 Å². The van der Waals surface area contributed by atoms with E-state index in [1.807, 2.05) is 25.1 Å². The van der Waals surface area contributed by atoms with Crippen LogP contribution >= 0.6 is 0 Å². The molecule has 1 saturated heterocycles. The number of guanidine groups is 1. The van der Waals surface area contributed by atoms with Gasteiger partial charge in [-0.25, -0.2) is 0 Å². The van der Waals surface area contributed by atoms with Gasteiger partial charge in [-0.15, -0.1) is 0 Å². The van der Waals surface area contributed by atoms with Crippen LogP contribution in [0.25, 0.3) is 0 Å². The number of ether oxygens (including phenoxy) is 3. The summed E-state index contributed by atoms with van der Waals surface area (Å²) in [7, 11) is 1.65. The highest BCUT2D eigenvalue weighted by Crippen LogP contribution is 2.30.